The third kappa shape index (κ3) is 5.21. The summed E-state index contributed by atoms with van der Waals surface area (Å²) < 4.78 is 0. The van der Waals surface area contributed by atoms with Crippen LogP contribution in [-0.4, -0.2) is 9.97 Å². The topological polar surface area (TPSA) is 99.6 Å². The maximum Gasteiger partial charge on any atom is 0.229 e. The van der Waals surface area contributed by atoms with Crippen molar-refractivity contribution in [1.29, 1.82) is 5.26 Å². The number of benzene rings is 2. The number of nitrogens with zero attached hydrogens (tertiary/aromatic N) is 3. The fourth-order valence-corrected chi connectivity index (χ4v) is 2.87. The highest BCUT2D eigenvalue weighted by molar-refractivity contribution is 5.69. The van der Waals surface area contributed by atoms with Crippen LogP contribution in [0.4, 0.5) is 23.1 Å². The number of anilines is 4. The molecule has 144 valence electrons. The lowest BCUT2D eigenvalue weighted by atomic mass is 10.0. The average molecular weight is 382 g/mol. The summed E-state index contributed by atoms with van der Waals surface area (Å²) in [5.74, 6) is 1.15. The molecule has 3 aromatic rings. The van der Waals surface area contributed by atoms with Crippen LogP contribution in [-0.2, 0) is 0 Å². The minimum atomic E-state index is 0.469. The molecule has 0 aliphatic carbocycles. The van der Waals surface area contributed by atoms with Gasteiger partial charge in [-0.2, -0.15) is 10.2 Å². The van der Waals surface area contributed by atoms with Gasteiger partial charge in [0.2, 0.25) is 5.95 Å². The molecule has 0 saturated carbocycles. The number of hydrogen-bond acceptors (Lipinski definition) is 6. The Labute approximate surface area is 170 Å². The Kier molecular flexibility index (Phi) is 5.91. The van der Waals surface area contributed by atoms with Gasteiger partial charge in [-0.1, -0.05) is 12.7 Å². The summed E-state index contributed by atoms with van der Waals surface area (Å²) in [6, 6.07) is 15.2. The van der Waals surface area contributed by atoms with Crippen LogP contribution < -0.4 is 16.4 Å². The van der Waals surface area contributed by atoms with E-state index in [1.54, 1.807) is 24.4 Å². The molecule has 1 heterocycles. The van der Waals surface area contributed by atoms with Gasteiger partial charge in [-0.15, -0.1) is 0 Å². The maximum atomic E-state index is 8.89. The van der Waals surface area contributed by atoms with Crippen molar-refractivity contribution >= 4 is 29.2 Å². The predicted octanol–water partition coefficient (Wildman–Crippen LogP) is 4.94. The molecule has 0 aliphatic heterocycles. The molecule has 1 aromatic heterocycles. The summed E-state index contributed by atoms with van der Waals surface area (Å²) in [4.78, 5) is 8.79. The van der Waals surface area contributed by atoms with Gasteiger partial charge < -0.3 is 16.4 Å². The predicted molar refractivity (Wildman–Crippen MR) is 118 cm³/mol. The van der Waals surface area contributed by atoms with E-state index in [9.17, 15) is 0 Å². The third-order valence-electron chi connectivity index (χ3n) is 4.22. The van der Waals surface area contributed by atoms with Crippen LogP contribution in [0.5, 0.6) is 0 Å². The van der Waals surface area contributed by atoms with E-state index in [2.05, 4.69) is 45.4 Å². The Morgan fingerprint density at radius 3 is 2.41 bits per heavy atom. The molecule has 6 nitrogen and oxygen atoms in total. The van der Waals surface area contributed by atoms with E-state index in [1.165, 1.54) is 0 Å². The molecule has 0 bridgehead atoms. The first-order chi connectivity index (χ1) is 13.9. The smallest absolute Gasteiger partial charge is 0.229 e. The number of nitrogens with two attached hydrogens (primary N) is 1. The van der Waals surface area contributed by atoms with Gasteiger partial charge in [0.05, 0.1) is 11.6 Å². The normalized spacial score (nSPS) is 10.5. The maximum absolute atomic E-state index is 8.89. The highest BCUT2D eigenvalue weighted by Crippen LogP contribution is 2.26. The summed E-state index contributed by atoms with van der Waals surface area (Å²) in [5.41, 5.74) is 11.8. The van der Waals surface area contributed by atoms with Crippen LogP contribution in [0.2, 0.25) is 0 Å². The highest BCUT2D eigenvalue weighted by Gasteiger charge is 2.07. The van der Waals surface area contributed by atoms with Crippen LogP contribution in [0.1, 0.15) is 22.3 Å². The van der Waals surface area contributed by atoms with Crippen molar-refractivity contribution < 1.29 is 0 Å². The second-order valence-corrected chi connectivity index (χ2v) is 6.64. The van der Waals surface area contributed by atoms with Gasteiger partial charge in [-0.25, -0.2) is 4.98 Å². The minimum Gasteiger partial charge on any atom is -0.399 e. The largest absolute Gasteiger partial charge is 0.399 e. The number of aryl methyl sites for hydroxylation is 2. The Hall–Kier alpha value is -4.11. The molecule has 0 amide bonds. The molecule has 6 heteroatoms. The van der Waals surface area contributed by atoms with Crippen molar-refractivity contribution in [3.63, 3.8) is 0 Å². The van der Waals surface area contributed by atoms with Crippen molar-refractivity contribution in [2.24, 2.45) is 5.73 Å². The summed E-state index contributed by atoms with van der Waals surface area (Å²) in [6.07, 6.45) is 5.42. The van der Waals surface area contributed by atoms with E-state index < -0.39 is 0 Å². The first-order valence-electron chi connectivity index (χ1n) is 9.05. The molecule has 29 heavy (non-hydrogen) atoms. The lowest BCUT2D eigenvalue weighted by Crippen LogP contribution is -2.02. The number of rotatable bonds is 6. The molecular weight excluding hydrogens is 360 g/mol. The molecule has 0 unspecified atom stereocenters. The Morgan fingerprint density at radius 2 is 1.79 bits per heavy atom. The molecule has 0 radical (unpaired) electrons. The van der Waals surface area contributed by atoms with Gasteiger partial charge in [0.25, 0.3) is 0 Å². The molecule has 0 saturated heterocycles. The van der Waals surface area contributed by atoms with E-state index in [0.717, 1.165) is 28.1 Å². The minimum absolute atomic E-state index is 0.469. The van der Waals surface area contributed by atoms with Gasteiger partial charge in [0.15, 0.2) is 0 Å². The summed E-state index contributed by atoms with van der Waals surface area (Å²) in [5, 5.41) is 15.4. The number of nitrogens with one attached hydrogen (secondary N) is 2. The Balaban J connectivity index is 1.79. The second-order valence-electron chi connectivity index (χ2n) is 6.64. The zero-order valence-electron chi connectivity index (χ0n) is 16.4. The van der Waals surface area contributed by atoms with E-state index in [1.807, 2.05) is 38.1 Å². The fraction of sp³-hybridized carbons (Fsp3) is 0.0870. The quantitative estimate of drug-likeness (QED) is 0.522. The van der Waals surface area contributed by atoms with Crippen molar-refractivity contribution in [1.82, 2.24) is 9.97 Å². The van der Waals surface area contributed by atoms with Gasteiger partial charge in [0, 0.05) is 23.3 Å². The molecule has 0 atom stereocenters. The molecule has 0 fully saturated rings. The summed E-state index contributed by atoms with van der Waals surface area (Å²) in [6.45, 7) is 7.76. The van der Waals surface area contributed by atoms with Crippen LogP contribution >= 0.6 is 0 Å². The van der Waals surface area contributed by atoms with Gasteiger partial charge >= 0.3 is 0 Å². The Morgan fingerprint density at radius 1 is 1.10 bits per heavy atom. The van der Waals surface area contributed by atoms with Crippen molar-refractivity contribution in [3.8, 4) is 6.07 Å². The number of nitriles is 1. The Bertz CT molecular complexity index is 1080. The number of aromatic nitrogens is 2. The van der Waals surface area contributed by atoms with Crippen molar-refractivity contribution in [3.05, 3.63) is 89.3 Å². The SMILES string of the molecule is C=C(N)/C=C\c1cc(C)c(Nc2ccnc(Nc3ccc(C#N)cc3)n2)c(C)c1. The first kappa shape index (κ1) is 19.6. The zero-order chi connectivity index (χ0) is 20.8. The molecule has 3 rings (SSSR count). The lowest BCUT2D eigenvalue weighted by Gasteiger charge is -2.14. The van der Waals surface area contributed by atoms with Crippen LogP contribution in [0.3, 0.4) is 0 Å². The third-order valence-corrected chi connectivity index (χ3v) is 4.22. The van der Waals surface area contributed by atoms with Crippen LogP contribution in [0, 0.1) is 25.2 Å². The van der Waals surface area contributed by atoms with Crippen LogP contribution in [0.15, 0.2) is 67.0 Å². The number of hydrogen-bond donors (Lipinski definition) is 3. The fourth-order valence-electron chi connectivity index (χ4n) is 2.87. The summed E-state index contributed by atoms with van der Waals surface area (Å²) >= 11 is 0. The lowest BCUT2D eigenvalue weighted by molar-refractivity contribution is 1.16. The van der Waals surface area contributed by atoms with E-state index in [0.29, 0.717) is 23.0 Å². The molecule has 4 N–H and O–H groups in total. The summed E-state index contributed by atoms with van der Waals surface area (Å²) in [7, 11) is 0. The van der Waals surface area contributed by atoms with Crippen molar-refractivity contribution in [2.45, 2.75) is 13.8 Å². The van der Waals surface area contributed by atoms with E-state index >= 15 is 0 Å². The first-order valence-corrected chi connectivity index (χ1v) is 9.05. The zero-order valence-corrected chi connectivity index (χ0v) is 16.4. The monoisotopic (exact) mass is 382 g/mol. The van der Waals surface area contributed by atoms with Gasteiger partial charge in [-0.3, -0.25) is 0 Å². The second kappa shape index (κ2) is 8.72. The average Bonchev–Trinajstić information content (AvgIpc) is 2.70. The standard InChI is InChI=1S/C23H22N6/c1-15-12-19(5-4-17(3)25)13-16(2)22(15)28-21-10-11-26-23(29-21)27-20-8-6-18(14-24)7-9-20/h4-13H,3,25H2,1-2H3,(H2,26,27,28,29)/b5-4-. The molecule has 0 spiro atoms. The highest BCUT2D eigenvalue weighted by atomic mass is 15.1. The van der Waals surface area contributed by atoms with Crippen molar-refractivity contribution in [2.75, 3.05) is 10.6 Å². The van der Waals surface area contributed by atoms with Crippen LogP contribution in [0.25, 0.3) is 6.08 Å². The van der Waals surface area contributed by atoms with Gasteiger partial charge in [-0.05, 0) is 79.1 Å². The molecular formula is C23H22N6. The molecule has 0 aliphatic rings. The van der Waals surface area contributed by atoms with E-state index in [4.69, 9.17) is 11.0 Å². The molecule has 2 aromatic carbocycles. The van der Waals surface area contributed by atoms with E-state index in [-0.39, 0.29) is 0 Å². The van der Waals surface area contributed by atoms with Gasteiger partial charge in [0.1, 0.15) is 5.82 Å². The number of allylic oxidation sites excluding steroid dienone is 1.